The molecule has 2 fully saturated rings. The SMILES string of the molecule is CC(C)S(=O)(=O)N[C@H]1CC[C@H](CNc2ccc(OC3CCOC3)cc2)CC1. The fourth-order valence-electron chi connectivity index (χ4n) is 3.56. The van der Waals surface area contributed by atoms with E-state index in [1.807, 2.05) is 24.3 Å². The van der Waals surface area contributed by atoms with Crippen molar-refractivity contribution in [2.24, 2.45) is 5.92 Å². The number of benzene rings is 1. The summed E-state index contributed by atoms with van der Waals surface area (Å²) in [6.45, 7) is 5.81. The highest BCUT2D eigenvalue weighted by atomic mass is 32.2. The van der Waals surface area contributed by atoms with Gasteiger partial charge >= 0.3 is 0 Å². The Morgan fingerprint density at radius 2 is 1.81 bits per heavy atom. The molecule has 2 N–H and O–H groups in total. The minimum Gasteiger partial charge on any atom is -0.488 e. The van der Waals surface area contributed by atoms with Crippen LogP contribution in [0.3, 0.4) is 0 Å². The number of hydrogen-bond acceptors (Lipinski definition) is 5. The molecule has 0 aromatic heterocycles. The Labute approximate surface area is 163 Å². The minimum absolute atomic E-state index is 0.0876. The van der Waals surface area contributed by atoms with E-state index < -0.39 is 10.0 Å². The lowest BCUT2D eigenvalue weighted by molar-refractivity contribution is 0.141. The molecule has 1 aliphatic heterocycles. The van der Waals surface area contributed by atoms with Crippen LogP contribution in [0.25, 0.3) is 0 Å². The fourth-order valence-corrected chi connectivity index (χ4v) is 4.54. The lowest BCUT2D eigenvalue weighted by atomic mass is 9.86. The third-order valence-corrected chi connectivity index (χ3v) is 7.34. The van der Waals surface area contributed by atoms with Crippen molar-refractivity contribution < 1.29 is 17.9 Å². The topological polar surface area (TPSA) is 76.7 Å². The molecule has 6 nitrogen and oxygen atoms in total. The molecular weight excluding hydrogens is 364 g/mol. The number of sulfonamides is 1. The molecule has 0 amide bonds. The van der Waals surface area contributed by atoms with Crippen LogP contribution >= 0.6 is 0 Å². The van der Waals surface area contributed by atoms with E-state index in [-0.39, 0.29) is 17.4 Å². The Hall–Kier alpha value is -1.31. The average Bonchev–Trinajstić information content (AvgIpc) is 3.15. The molecule has 0 radical (unpaired) electrons. The molecular formula is C20H32N2O4S. The maximum atomic E-state index is 12.0. The summed E-state index contributed by atoms with van der Waals surface area (Å²) in [7, 11) is -3.17. The number of rotatable bonds is 8. The van der Waals surface area contributed by atoms with Crippen molar-refractivity contribution in [3.05, 3.63) is 24.3 Å². The highest BCUT2D eigenvalue weighted by molar-refractivity contribution is 7.90. The molecule has 1 unspecified atom stereocenters. The quantitative estimate of drug-likeness (QED) is 0.706. The zero-order valence-corrected chi connectivity index (χ0v) is 17.1. The predicted molar refractivity (Wildman–Crippen MR) is 108 cm³/mol. The molecule has 0 bridgehead atoms. The monoisotopic (exact) mass is 396 g/mol. The van der Waals surface area contributed by atoms with Crippen LogP contribution in [0.5, 0.6) is 5.75 Å². The van der Waals surface area contributed by atoms with Crippen LogP contribution in [0.15, 0.2) is 24.3 Å². The van der Waals surface area contributed by atoms with E-state index >= 15 is 0 Å². The van der Waals surface area contributed by atoms with Crippen molar-refractivity contribution in [1.82, 2.24) is 4.72 Å². The first kappa shape index (κ1) is 20.4. The van der Waals surface area contributed by atoms with E-state index in [4.69, 9.17) is 9.47 Å². The van der Waals surface area contributed by atoms with Crippen molar-refractivity contribution in [1.29, 1.82) is 0 Å². The summed E-state index contributed by atoms with van der Waals surface area (Å²) in [5.41, 5.74) is 1.09. The van der Waals surface area contributed by atoms with Gasteiger partial charge in [0.1, 0.15) is 11.9 Å². The van der Waals surface area contributed by atoms with Gasteiger partial charge in [0.2, 0.25) is 10.0 Å². The van der Waals surface area contributed by atoms with Gasteiger partial charge in [-0.25, -0.2) is 13.1 Å². The Morgan fingerprint density at radius 1 is 1.11 bits per heavy atom. The highest BCUT2D eigenvalue weighted by Gasteiger charge is 2.26. The van der Waals surface area contributed by atoms with Gasteiger partial charge in [0.25, 0.3) is 0 Å². The maximum Gasteiger partial charge on any atom is 0.214 e. The minimum atomic E-state index is -3.17. The second-order valence-corrected chi connectivity index (χ2v) is 10.2. The van der Waals surface area contributed by atoms with Crippen molar-refractivity contribution in [2.75, 3.05) is 25.1 Å². The van der Waals surface area contributed by atoms with Crippen LogP contribution < -0.4 is 14.8 Å². The van der Waals surface area contributed by atoms with Gasteiger partial charge in [0, 0.05) is 24.7 Å². The lowest BCUT2D eigenvalue weighted by Gasteiger charge is -2.29. The van der Waals surface area contributed by atoms with E-state index in [0.29, 0.717) is 12.5 Å². The number of hydrogen-bond donors (Lipinski definition) is 2. The van der Waals surface area contributed by atoms with Crippen LogP contribution in [0.2, 0.25) is 0 Å². The molecule has 27 heavy (non-hydrogen) atoms. The average molecular weight is 397 g/mol. The Balaban J connectivity index is 1.38. The predicted octanol–water partition coefficient (Wildman–Crippen LogP) is 3.15. The molecule has 1 aromatic rings. The van der Waals surface area contributed by atoms with Gasteiger partial charge in [-0.15, -0.1) is 0 Å². The smallest absolute Gasteiger partial charge is 0.214 e. The van der Waals surface area contributed by atoms with E-state index in [1.165, 1.54) is 0 Å². The van der Waals surface area contributed by atoms with Crippen molar-refractivity contribution in [3.63, 3.8) is 0 Å². The summed E-state index contributed by atoms with van der Waals surface area (Å²) in [5.74, 6) is 1.46. The Morgan fingerprint density at radius 3 is 2.41 bits per heavy atom. The van der Waals surface area contributed by atoms with E-state index in [1.54, 1.807) is 13.8 Å². The maximum absolute atomic E-state index is 12.0. The normalized spacial score (nSPS) is 26.3. The summed E-state index contributed by atoms with van der Waals surface area (Å²) >= 11 is 0. The van der Waals surface area contributed by atoms with E-state index in [2.05, 4.69) is 10.0 Å². The van der Waals surface area contributed by atoms with Crippen LogP contribution in [-0.4, -0.2) is 45.6 Å². The summed E-state index contributed by atoms with van der Waals surface area (Å²) in [6, 6.07) is 8.18. The molecule has 0 spiro atoms. The Kier molecular flexibility index (Phi) is 7.00. The van der Waals surface area contributed by atoms with Gasteiger partial charge in [0.15, 0.2) is 0 Å². The molecule has 1 atom stereocenters. The van der Waals surface area contributed by atoms with Gasteiger partial charge in [-0.2, -0.15) is 0 Å². The standard InChI is InChI=1S/C20H32N2O4S/c1-15(2)27(23,24)22-18-5-3-16(4-6-18)13-21-17-7-9-19(10-8-17)26-20-11-12-25-14-20/h7-10,15-16,18,20-22H,3-6,11-14H2,1-2H3/t16-,18-,20?. The van der Waals surface area contributed by atoms with Gasteiger partial charge in [0.05, 0.1) is 18.5 Å². The third kappa shape index (κ3) is 6.09. The second-order valence-electron chi connectivity index (χ2n) is 7.94. The molecule has 1 aromatic carbocycles. The van der Waals surface area contributed by atoms with E-state index in [0.717, 1.165) is 56.7 Å². The molecule has 2 aliphatic rings. The first-order valence-electron chi connectivity index (χ1n) is 10.0. The highest BCUT2D eigenvalue weighted by Crippen LogP contribution is 2.26. The molecule has 7 heteroatoms. The van der Waals surface area contributed by atoms with Crippen molar-refractivity contribution >= 4 is 15.7 Å². The summed E-state index contributed by atoms with van der Waals surface area (Å²) in [5, 5.41) is 3.13. The summed E-state index contributed by atoms with van der Waals surface area (Å²) in [6.07, 6.45) is 5.04. The molecule has 152 valence electrons. The van der Waals surface area contributed by atoms with Gasteiger partial charge < -0.3 is 14.8 Å². The zero-order valence-electron chi connectivity index (χ0n) is 16.3. The molecule has 3 rings (SSSR count). The van der Waals surface area contributed by atoms with Crippen LogP contribution in [0.1, 0.15) is 46.0 Å². The van der Waals surface area contributed by atoms with Gasteiger partial charge in [-0.3, -0.25) is 0 Å². The fraction of sp³-hybridized carbons (Fsp3) is 0.700. The number of anilines is 1. The third-order valence-electron chi connectivity index (χ3n) is 5.44. The molecule has 1 saturated carbocycles. The first-order valence-corrected chi connectivity index (χ1v) is 11.6. The Bertz CT molecular complexity index is 676. The summed E-state index contributed by atoms with van der Waals surface area (Å²) in [4.78, 5) is 0. The van der Waals surface area contributed by atoms with Crippen LogP contribution in [-0.2, 0) is 14.8 Å². The first-order chi connectivity index (χ1) is 12.9. The summed E-state index contributed by atoms with van der Waals surface area (Å²) < 4.78 is 38.0. The zero-order chi connectivity index (χ0) is 19.3. The second kappa shape index (κ2) is 9.26. The van der Waals surface area contributed by atoms with E-state index in [9.17, 15) is 8.42 Å². The van der Waals surface area contributed by atoms with Crippen LogP contribution in [0.4, 0.5) is 5.69 Å². The van der Waals surface area contributed by atoms with Crippen LogP contribution in [0, 0.1) is 5.92 Å². The molecule has 1 heterocycles. The van der Waals surface area contributed by atoms with Crippen molar-refractivity contribution in [2.45, 2.75) is 63.3 Å². The number of nitrogens with one attached hydrogen (secondary N) is 2. The molecule has 1 saturated heterocycles. The van der Waals surface area contributed by atoms with Gasteiger partial charge in [-0.05, 0) is 69.7 Å². The largest absolute Gasteiger partial charge is 0.488 e. The van der Waals surface area contributed by atoms with Gasteiger partial charge in [-0.1, -0.05) is 0 Å². The lowest BCUT2D eigenvalue weighted by Crippen LogP contribution is -2.41. The number of ether oxygens (including phenoxy) is 2. The van der Waals surface area contributed by atoms with Crippen molar-refractivity contribution in [3.8, 4) is 5.75 Å². The molecule has 1 aliphatic carbocycles.